The molecule has 0 aliphatic heterocycles. The molecule has 0 aromatic heterocycles. The Morgan fingerprint density at radius 1 is 1.08 bits per heavy atom. The summed E-state index contributed by atoms with van der Waals surface area (Å²) in [4.78, 5) is 0. The fourth-order valence-electron chi connectivity index (χ4n) is 0.214. The Balaban J connectivity index is 3.89. The van der Waals surface area contributed by atoms with E-state index in [0.29, 0.717) is 0 Å². The van der Waals surface area contributed by atoms with Gasteiger partial charge in [-0.1, -0.05) is 0 Å². The van der Waals surface area contributed by atoms with Gasteiger partial charge in [-0.05, 0) is 0 Å². The molecule has 0 unspecified atom stereocenters. The van der Waals surface area contributed by atoms with Crippen LogP contribution in [0.4, 0.5) is 0 Å². The molecule has 0 spiro atoms. The molecule has 0 aliphatic rings. The zero-order valence-corrected chi connectivity index (χ0v) is 8.01. The van der Waals surface area contributed by atoms with Gasteiger partial charge in [-0.2, -0.15) is 16.8 Å². The average molecular weight is 220 g/mol. The molecule has 0 rings (SSSR count). The highest BCUT2D eigenvalue weighted by Gasteiger charge is 2.10. The molecule has 0 saturated heterocycles. The van der Waals surface area contributed by atoms with Crippen LogP contribution < -0.4 is 0 Å². The highest BCUT2D eigenvalue weighted by molar-refractivity contribution is 7.86. The Morgan fingerprint density at radius 2 is 1.58 bits per heavy atom. The predicted octanol–water partition coefficient (Wildman–Crippen LogP) is -1.17. The van der Waals surface area contributed by atoms with Crippen LogP contribution >= 0.6 is 0 Å². The molecule has 0 aliphatic carbocycles. The molecule has 74 valence electrons. The Kier molecular flexibility index (Phi) is 4.06. The van der Waals surface area contributed by atoms with Crippen molar-refractivity contribution in [1.82, 2.24) is 0 Å². The van der Waals surface area contributed by atoms with E-state index in [9.17, 15) is 16.8 Å². The second-order valence-electron chi connectivity index (χ2n) is 1.63. The zero-order valence-electron chi connectivity index (χ0n) is 6.38. The maximum atomic E-state index is 10.4. The highest BCUT2D eigenvalue weighted by Crippen LogP contribution is 1.95. The summed E-state index contributed by atoms with van der Waals surface area (Å²) < 4.78 is 53.0. The van der Waals surface area contributed by atoms with E-state index in [4.69, 9.17) is 0 Å². The number of hydrogen-bond donors (Lipinski definition) is 0. The zero-order chi connectivity index (χ0) is 9.83. The SMILES string of the molecule is COS(=O)(=O)OCOS(C)(=O)=O. The van der Waals surface area contributed by atoms with Crippen LogP contribution in [0.3, 0.4) is 0 Å². The number of hydrogen-bond acceptors (Lipinski definition) is 7. The first kappa shape index (κ1) is 11.8. The number of rotatable bonds is 5. The van der Waals surface area contributed by atoms with Crippen molar-refractivity contribution >= 4 is 20.5 Å². The fourth-order valence-corrected chi connectivity index (χ4v) is 0.760. The van der Waals surface area contributed by atoms with Crippen LogP contribution in [0.15, 0.2) is 0 Å². The van der Waals surface area contributed by atoms with Crippen LogP contribution in [-0.2, 0) is 33.1 Å². The maximum absolute atomic E-state index is 10.4. The smallest absolute Gasteiger partial charge is 0.251 e. The molecule has 0 amide bonds. The van der Waals surface area contributed by atoms with E-state index in [2.05, 4.69) is 12.5 Å². The molecular formula is C3H8O7S2. The van der Waals surface area contributed by atoms with Gasteiger partial charge in [-0.15, -0.1) is 0 Å². The third kappa shape index (κ3) is 6.49. The van der Waals surface area contributed by atoms with Gasteiger partial charge in [0, 0.05) is 0 Å². The summed E-state index contributed by atoms with van der Waals surface area (Å²) in [7, 11) is -6.96. The topological polar surface area (TPSA) is 96.0 Å². The molecule has 0 radical (unpaired) electrons. The third-order valence-electron chi connectivity index (χ3n) is 0.659. The van der Waals surface area contributed by atoms with Gasteiger partial charge < -0.3 is 0 Å². The minimum atomic E-state index is -4.13. The van der Waals surface area contributed by atoms with Gasteiger partial charge in [0.15, 0.2) is 6.79 Å². The maximum Gasteiger partial charge on any atom is 0.401 e. The molecule has 0 fully saturated rings. The molecule has 9 heteroatoms. The molecule has 0 heterocycles. The van der Waals surface area contributed by atoms with E-state index >= 15 is 0 Å². The van der Waals surface area contributed by atoms with Crippen molar-refractivity contribution in [3.63, 3.8) is 0 Å². The molecule has 0 atom stereocenters. The summed E-state index contributed by atoms with van der Waals surface area (Å²) >= 11 is 0. The Bertz CT molecular complexity index is 311. The highest BCUT2D eigenvalue weighted by atomic mass is 32.3. The Morgan fingerprint density at radius 3 is 1.92 bits per heavy atom. The van der Waals surface area contributed by atoms with E-state index in [1.54, 1.807) is 0 Å². The van der Waals surface area contributed by atoms with Gasteiger partial charge in [0.25, 0.3) is 10.1 Å². The molecule has 0 saturated carbocycles. The molecule has 0 N–H and O–H groups in total. The van der Waals surface area contributed by atoms with Crippen LogP contribution in [0.25, 0.3) is 0 Å². The van der Waals surface area contributed by atoms with E-state index in [1.165, 1.54) is 0 Å². The van der Waals surface area contributed by atoms with Crippen molar-refractivity contribution in [3.8, 4) is 0 Å². The van der Waals surface area contributed by atoms with E-state index in [-0.39, 0.29) is 0 Å². The minimum absolute atomic E-state index is 0.760. The summed E-state index contributed by atoms with van der Waals surface area (Å²) in [5, 5.41) is 0. The van der Waals surface area contributed by atoms with Crippen molar-refractivity contribution in [2.75, 3.05) is 20.2 Å². The first-order valence-electron chi connectivity index (χ1n) is 2.56. The first-order chi connectivity index (χ1) is 5.27. The van der Waals surface area contributed by atoms with Crippen LogP contribution in [0.1, 0.15) is 0 Å². The van der Waals surface area contributed by atoms with E-state index < -0.39 is 27.3 Å². The molecule has 0 aromatic carbocycles. The van der Waals surface area contributed by atoms with Gasteiger partial charge in [0.1, 0.15) is 0 Å². The second kappa shape index (κ2) is 4.14. The van der Waals surface area contributed by atoms with Crippen LogP contribution in [0.5, 0.6) is 0 Å². The quantitative estimate of drug-likeness (QED) is 0.425. The lowest BCUT2D eigenvalue weighted by molar-refractivity contribution is 0.113. The minimum Gasteiger partial charge on any atom is -0.251 e. The van der Waals surface area contributed by atoms with Crippen molar-refractivity contribution in [2.45, 2.75) is 0 Å². The average Bonchev–Trinajstić information content (AvgIpc) is 1.84. The van der Waals surface area contributed by atoms with Gasteiger partial charge >= 0.3 is 10.4 Å². The summed E-state index contributed by atoms with van der Waals surface area (Å²) in [6.07, 6.45) is 0.760. The summed E-state index contributed by atoms with van der Waals surface area (Å²) in [6, 6.07) is 0. The van der Waals surface area contributed by atoms with Crippen LogP contribution in [-0.4, -0.2) is 37.0 Å². The lowest BCUT2D eigenvalue weighted by atomic mass is 11.6. The van der Waals surface area contributed by atoms with Gasteiger partial charge in [0.05, 0.1) is 13.4 Å². The Hall–Kier alpha value is -0.220. The first-order valence-corrected chi connectivity index (χ1v) is 5.71. The van der Waals surface area contributed by atoms with E-state index in [1.807, 2.05) is 0 Å². The van der Waals surface area contributed by atoms with Crippen molar-refractivity contribution in [3.05, 3.63) is 0 Å². The van der Waals surface area contributed by atoms with Crippen LogP contribution in [0, 0.1) is 0 Å². The van der Waals surface area contributed by atoms with Crippen molar-refractivity contribution in [2.24, 2.45) is 0 Å². The molecular weight excluding hydrogens is 212 g/mol. The largest absolute Gasteiger partial charge is 0.401 e. The van der Waals surface area contributed by atoms with Gasteiger partial charge in [-0.25, -0.2) is 8.37 Å². The summed E-state index contributed by atoms with van der Waals surface area (Å²) in [5.74, 6) is 0. The van der Waals surface area contributed by atoms with E-state index in [0.717, 1.165) is 13.4 Å². The normalized spacial score (nSPS) is 13.2. The predicted molar refractivity (Wildman–Crippen MR) is 37.8 cm³/mol. The summed E-state index contributed by atoms with van der Waals surface area (Å²) in [5.41, 5.74) is 0. The van der Waals surface area contributed by atoms with Gasteiger partial charge in [0.2, 0.25) is 0 Å². The fraction of sp³-hybridized carbons (Fsp3) is 1.00. The summed E-state index contributed by atoms with van der Waals surface area (Å²) in [6.45, 7) is -0.922. The van der Waals surface area contributed by atoms with Crippen LogP contribution in [0.2, 0.25) is 0 Å². The standard InChI is InChI=1S/C3H8O7S2/c1-8-12(6,7)10-3-9-11(2,4)5/h3H2,1-2H3. The molecule has 12 heavy (non-hydrogen) atoms. The molecule has 7 nitrogen and oxygen atoms in total. The monoisotopic (exact) mass is 220 g/mol. The van der Waals surface area contributed by atoms with Gasteiger partial charge in [-0.3, -0.25) is 4.18 Å². The molecule has 0 aromatic rings. The van der Waals surface area contributed by atoms with Crippen molar-refractivity contribution in [1.29, 1.82) is 0 Å². The Labute approximate surface area is 70.7 Å². The van der Waals surface area contributed by atoms with Crippen molar-refractivity contribution < 1.29 is 29.4 Å². The second-order valence-corrected chi connectivity index (χ2v) is 4.66. The molecule has 0 bridgehead atoms. The lowest BCUT2D eigenvalue weighted by Crippen LogP contribution is -2.13. The lowest BCUT2D eigenvalue weighted by Gasteiger charge is -2.01. The third-order valence-corrected chi connectivity index (χ3v) is 1.98.